The third kappa shape index (κ3) is 2.86. The highest BCUT2D eigenvalue weighted by atomic mass is 16.4. The second-order valence-corrected chi connectivity index (χ2v) is 3.22. The quantitative estimate of drug-likeness (QED) is 0.375. The first kappa shape index (κ1) is 11.5. The molecule has 0 heterocycles. The summed E-state index contributed by atoms with van der Waals surface area (Å²) in [5.74, 6) is 0. The van der Waals surface area contributed by atoms with Gasteiger partial charge in [-0.3, -0.25) is 0 Å². The van der Waals surface area contributed by atoms with Crippen LogP contribution in [0.5, 0.6) is 0 Å². The van der Waals surface area contributed by atoms with Crippen molar-refractivity contribution >= 4 is 6.29 Å². The van der Waals surface area contributed by atoms with Crippen molar-refractivity contribution in [3.8, 4) is 0 Å². The van der Waals surface area contributed by atoms with Crippen molar-refractivity contribution in [2.24, 2.45) is 0 Å². The third-order valence-electron chi connectivity index (χ3n) is 1.54. The zero-order valence-corrected chi connectivity index (χ0v) is 7.01. The van der Waals surface area contributed by atoms with Gasteiger partial charge in [-0.25, -0.2) is 0 Å². The normalized spacial score (nSPS) is 19.8. The summed E-state index contributed by atoms with van der Waals surface area (Å²) in [6.07, 6.45) is -4.80. The molecule has 0 rings (SSSR count). The number of carbonyl (C=O) groups excluding carboxylic acids is 1. The molecule has 0 aliphatic rings. The van der Waals surface area contributed by atoms with Gasteiger partial charge in [0.25, 0.3) is 0 Å². The molecule has 12 heavy (non-hydrogen) atoms. The van der Waals surface area contributed by atoms with E-state index in [9.17, 15) is 4.79 Å². The number of rotatable bonds is 4. The molecular formula is C7H14O5. The Bertz CT molecular complexity index is 150. The van der Waals surface area contributed by atoms with Crippen molar-refractivity contribution in [3.05, 3.63) is 0 Å². The van der Waals surface area contributed by atoms with E-state index in [1.807, 2.05) is 0 Å². The maximum Gasteiger partial charge on any atom is 0.151 e. The van der Waals surface area contributed by atoms with Crippen LogP contribution in [-0.2, 0) is 4.79 Å². The smallest absolute Gasteiger partial charge is 0.151 e. The number of aliphatic hydroxyl groups is 4. The summed E-state index contributed by atoms with van der Waals surface area (Å²) in [6.45, 7) is 2.52. The lowest BCUT2D eigenvalue weighted by Gasteiger charge is -2.29. The number of aliphatic hydroxyl groups excluding tert-OH is 3. The van der Waals surface area contributed by atoms with Gasteiger partial charge in [-0.05, 0) is 13.8 Å². The summed E-state index contributed by atoms with van der Waals surface area (Å²) >= 11 is 0. The minimum absolute atomic E-state index is 0.0969. The number of hydrogen-bond donors (Lipinski definition) is 4. The van der Waals surface area contributed by atoms with Crippen LogP contribution < -0.4 is 0 Å². The van der Waals surface area contributed by atoms with Gasteiger partial charge in [0.05, 0.1) is 5.60 Å². The van der Waals surface area contributed by atoms with Gasteiger partial charge in [-0.15, -0.1) is 0 Å². The SMILES string of the molecule is CC(C)(O)[C@H](O)[C@@H](O)[C@@H](O)C=O. The Morgan fingerprint density at radius 3 is 1.92 bits per heavy atom. The van der Waals surface area contributed by atoms with Crippen LogP contribution in [0.1, 0.15) is 13.8 Å². The molecule has 0 fully saturated rings. The topological polar surface area (TPSA) is 98.0 Å². The van der Waals surface area contributed by atoms with E-state index in [1.54, 1.807) is 0 Å². The van der Waals surface area contributed by atoms with Crippen LogP contribution in [0.2, 0.25) is 0 Å². The molecule has 0 radical (unpaired) electrons. The first-order chi connectivity index (χ1) is 5.30. The summed E-state index contributed by atoms with van der Waals surface area (Å²) < 4.78 is 0. The van der Waals surface area contributed by atoms with Gasteiger partial charge < -0.3 is 25.2 Å². The molecule has 3 atom stereocenters. The Balaban J connectivity index is 4.28. The highest BCUT2D eigenvalue weighted by molar-refractivity contribution is 5.56. The molecule has 0 aromatic rings. The molecule has 0 aliphatic heterocycles. The molecule has 0 saturated heterocycles. The summed E-state index contributed by atoms with van der Waals surface area (Å²) in [4.78, 5) is 9.97. The van der Waals surface area contributed by atoms with Gasteiger partial charge >= 0.3 is 0 Å². The van der Waals surface area contributed by atoms with Crippen molar-refractivity contribution in [1.29, 1.82) is 0 Å². The summed E-state index contributed by atoms with van der Waals surface area (Å²) in [7, 11) is 0. The zero-order valence-electron chi connectivity index (χ0n) is 7.01. The van der Waals surface area contributed by atoms with E-state index in [1.165, 1.54) is 13.8 Å². The van der Waals surface area contributed by atoms with Crippen molar-refractivity contribution in [2.45, 2.75) is 37.8 Å². The summed E-state index contributed by atoms with van der Waals surface area (Å²) in [6, 6.07) is 0. The van der Waals surface area contributed by atoms with Crippen molar-refractivity contribution < 1.29 is 25.2 Å². The van der Waals surface area contributed by atoms with Crippen LogP contribution >= 0.6 is 0 Å². The summed E-state index contributed by atoms with van der Waals surface area (Å²) in [5.41, 5.74) is -1.55. The van der Waals surface area contributed by atoms with Gasteiger partial charge in [-0.1, -0.05) is 0 Å². The predicted molar refractivity (Wildman–Crippen MR) is 40.4 cm³/mol. The first-order valence-electron chi connectivity index (χ1n) is 3.52. The molecule has 5 nitrogen and oxygen atoms in total. The molecule has 0 amide bonds. The second-order valence-electron chi connectivity index (χ2n) is 3.22. The minimum atomic E-state index is -1.67. The fraction of sp³-hybridized carbons (Fsp3) is 0.857. The lowest BCUT2D eigenvalue weighted by molar-refractivity contribution is -0.147. The maximum absolute atomic E-state index is 9.97. The van der Waals surface area contributed by atoms with Crippen molar-refractivity contribution in [1.82, 2.24) is 0 Å². The molecule has 0 aliphatic carbocycles. The Morgan fingerprint density at radius 2 is 1.67 bits per heavy atom. The molecule has 72 valence electrons. The highest BCUT2D eigenvalue weighted by Gasteiger charge is 2.35. The van der Waals surface area contributed by atoms with E-state index in [2.05, 4.69) is 0 Å². The standard InChI is InChI=1S/C7H14O5/c1-7(2,12)6(11)5(10)4(9)3-8/h3-6,9-12H,1-2H3/t4-,5-,6+/m0/s1. The third-order valence-corrected chi connectivity index (χ3v) is 1.54. The molecule has 0 aromatic heterocycles. The van der Waals surface area contributed by atoms with Crippen LogP contribution in [0, 0.1) is 0 Å². The monoisotopic (exact) mass is 178 g/mol. The maximum atomic E-state index is 9.97. The molecule has 0 spiro atoms. The lowest BCUT2D eigenvalue weighted by Crippen LogP contribution is -2.50. The number of aldehydes is 1. The van der Waals surface area contributed by atoms with Gasteiger partial charge in [0.2, 0.25) is 0 Å². The Kier molecular flexibility index (Phi) is 3.79. The molecule has 0 unspecified atom stereocenters. The molecule has 0 aromatic carbocycles. The second kappa shape index (κ2) is 3.95. The van der Waals surface area contributed by atoms with E-state index in [4.69, 9.17) is 20.4 Å². The molecule has 0 bridgehead atoms. The van der Waals surface area contributed by atoms with E-state index < -0.39 is 23.9 Å². The van der Waals surface area contributed by atoms with Gasteiger partial charge in [-0.2, -0.15) is 0 Å². The largest absolute Gasteiger partial charge is 0.388 e. The van der Waals surface area contributed by atoms with Crippen LogP contribution in [0.25, 0.3) is 0 Å². The van der Waals surface area contributed by atoms with E-state index in [0.29, 0.717) is 0 Å². The van der Waals surface area contributed by atoms with Crippen molar-refractivity contribution in [2.75, 3.05) is 0 Å². The molecular weight excluding hydrogens is 164 g/mol. The van der Waals surface area contributed by atoms with Gasteiger partial charge in [0.1, 0.15) is 18.3 Å². The number of hydrogen-bond acceptors (Lipinski definition) is 5. The van der Waals surface area contributed by atoms with Crippen LogP contribution in [-0.4, -0.2) is 50.6 Å². The fourth-order valence-electron chi connectivity index (χ4n) is 0.685. The van der Waals surface area contributed by atoms with Crippen molar-refractivity contribution in [3.63, 3.8) is 0 Å². The summed E-state index contributed by atoms with van der Waals surface area (Å²) in [5, 5.41) is 36.1. The Hall–Kier alpha value is -0.490. The zero-order chi connectivity index (χ0) is 9.94. The predicted octanol–water partition coefficient (Wildman–Crippen LogP) is -1.96. The van der Waals surface area contributed by atoms with E-state index >= 15 is 0 Å². The Morgan fingerprint density at radius 1 is 1.25 bits per heavy atom. The fourth-order valence-corrected chi connectivity index (χ4v) is 0.685. The highest BCUT2D eigenvalue weighted by Crippen LogP contribution is 2.13. The first-order valence-corrected chi connectivity index (χ1v) is 3.52. The van der Waals surface area contributed by atoms with Gasteiger partial charge in [0, 0.05) is 0 Å². The van der Waals surface area contributed by atoms with Crippen LogP contribution in [0.3, 0.4) is 0 Å². The lowest BCUT2D eigenvalue weighted by atomic mass is 9.94. The van der Waals surface area contributed by atoms with Crippen LogP contribution in [0.4, 0.5) is 0 Å². The average molecular weight is 178 g/mol. The molecule has 0 saturated carbocycles. The van der Waals surface area contributed by atoms with Gasteiger partial charge in [0.15, 0.2) is 6.29 Å². The number of carbonyl (C=O) groups is 1. The van der Waals surface area contributed by atoms with E-state index in [0.717, 1.165) is 0 Å². The van der Waals surface area contributed by atoms with E-state index in [-0.39, 0.29) is 6.29 Å². The molecule has 5 heteroatoms. The average Bonchev–Trinajstić information content (AvgIpc) is 1.98. The Labute approximate surface area is 70.3 Å². The van der Waals surface area contributed by atoms with Crippen LogP contribution in [0.15, 0.2) is 0 Å². The molecule has 4 N–H and O–H groups in total. The minimum Gasteiger partial charge on any atom is -0.388 e.